The molecule has 0 aliphatic heterocycles. The number of hydrogen-bond acceptors (Lipinski definition) is 3. The van der Waals surface area contributed by atoms with Crippen LogP contribution in [0.25, 0.3) is 10.9 Å². The van der Waals surface area contributed by atoms with Gasteiger partial charge in [0.15, 0.2) is 0 Å². The van der Waals surface area contributed by atoms with Gasteiger partial charge in [-0.25, -0.2) is 0 Å². The molecule has 1 N–H and O–H groups in total. The van der Waals surface area contributed by atoms with Crippen molar-refractivity contribution in [3.8, 4) is 5.75 Å². The standard InChI is InChI=1S/C31H33Cl2N3O3/c1-21(2)18-36(31(38)25-9-5-7-11-29(25)39-3)20-30(37)35(19-22-12-13-26(32)27(33)16-22)15-14-23-17-34-28-10-6-4-8-24(23)28/h4-13,16-17,21,34H,14-15,18-20H2,1-3H3. The lowest BCUT2D eigenvalue weighted by Gasteiger charge is -2.29. The molecule has 0 aliphatic rings. The van der Waals surface area contributed by atoms with Gasteiger partial charge in [-0.3, -0.25) is 9.59 Å². The first-order valence-electron chi connectivity index (χ1n) is 13.0. The Kier molecular flexibility index (Phi) is 9.54. The van der Waals surface area contributed by atoms with Gasteiger partial charge in [-0.1, -0.05) is 73.4 Å². The van der Waals surface area contributed by atoms with Gasteiger partial charge in [-0.05, 0) is 53.8 Å². The number of para-hydroxylation sites is 2. The maximum atomic E-state index is 13.8. The number of nitrogens with zero attached hydrogens (tertiary/aromatic N) is 2. The van der Waals surface area contributed by atoms with Gasteiger partial charge in [0.25, 0.3) is 5.91 Å². The molecular formula is C31H33Cl2N3O3. The summed E-state index contributed by atoms with van der Waals surface area (Å²) in [7, 11) is 1.54. The fourth-order valence-corrected chi connectivity index (χ4v) is 4.98. The zero-order valence-corrected chi connectivity index (χ0v) is 23.9. The summed E-state index contributed by atoms with van der Waals surface area (Å²) in [6.45, 7) is 5.25. The Hall–Kier alpha value is -3.48. The Morgan fingerprint density at radius 1 is 0.949 bits per heavy atom. The van der Waals surface area contributed by atoms with Crippen LogP contribution in [0.2, 0.25) is 10.0 Å². The van der Waals surface area contributed by atoms with Gasteiger partial charge in [0.1, 0.15) is 12.3 Å². The molecule has 204 valence electrons. The van der Waals surface area contributed by atoms with Crippen LogP contribution in [0.5, 0.6) is 5.75 Å². The molecule has 3 aromatic carbocycles. The summed E-state index contributed by atoms with van der Waals surface area (Å²) in [6.07, 6.45) is 2.64. The molecule has 39 heavy (non-hydrogen) atoms. The molecule has 0 saturated heterocycles. The predicted molar refractivity (Wildman–Crippen MR) is 158 cm³/mol. The second-order valence-electron chi connectivity index (χ2n) is 9.95. The van der Waals surface area contributed by atoms with E-state index in [-0.39, 0.29) is 24.3 Å². The number of carbonyl (C=O) groups is 2. The number of hydrogen-bond donors (Lipinski definition) is 1. The van der Waals surface area contributed by atoms with Crippen LogP contribution in [0.15, 0.2) is 72.9 Å². The van der Waals surface area contributed by atoms with Crippen LogP contribution in [0, 0.1) is 5.92 Å². The van der Waals surface area contributed by atoms with Crippen molar-refractivity contribution in [3.05, 3.63) is 99.7 Å². The average molecular weight is 567 g/mol. The van der Waals surface area contributed by atoms with Gasteiger partial charge in [0.2, 0.25) is 5.91 Å². The molecule has 0 unspecified atom stereocenters. The topological polar surface area (TPSA) is 65.6 Å². The first kappa shape index (κ1) is 28.5. The molecule has 0 atom stereocenters. The van der Waals surface area contributed by atoms with Crippen LogP contribution >= 0.6 is 23.2 Å². The van der Waals surface area contributed by atoms with Crippen molar-refractivity contribution in [1.29, 1.82) is 0 Å². The van der Waals surface area contributed by atoms with Crippen molar-refractivity contribution in [2.24, 2.45) is 5.92 Å². The third kappa shape index (κ3) is 7.14. The normalized spacial score (nSPS) is 11.1. The lowest BCUT2D eigenvalue weighted by molar-refractivity contribution is -0.132. The number of benzene rings is 3. The lowest BCUT2D eigenvalue weighted by atomic mass is 10.1. The minimum atomic E-state index is -0.236. The molecule has 0 saturated carbocycles. The van der Waals surface area contributed by atoms with Crippen LogP contribution in [0.1, 0.15) is 35.3 Å². The Balaban J connectivity index is 1.59. The van der Waals surface area contributed by atoms with Crippen molar-refractivity contribution >= 4 is 45.9 Å². The molecule has 0 spiro atoms. The average Bonchev–Trinajstić information content (AvgIpc) is 3.35. The minimum absolute atomic E-state index is 0.0513. The number of H-pyrrole nitrogens is 1. The van der Waals surface area contributed by atoms with Crippen molar-refractivity contribution < 1.29 is 14.3 Å². The van der Waals surface area contributed by atoms with Gasteiger partial charge < -0.3 is 19.5 Å². The molecule has 4 aromatic rings. The zero-order chi connectivity index (χ0) is 27.9. The molecule has 0 aliphatic carbocycles. The van der Waals surface area contributed by atoms with E-state index in [0.29, 0.717) is 47.4 Å². The highest BCUT2D eigenvalue weighted by molar-refractivity contribution is 6.42. The number of halogens is 2. The van der Waals surface area contributed by atoms with Crippen molar-refractivity contribution in [3.63, 3.8) is 0 Å². The van der Waals surface area contributed by atoms with Crippen molar-refractivity contribution in [2.75, 3.05) is 26.7 Å². The Bertz CT molecular complexity index is 1450. The molecule has 1 heterocycles. The van der Waals surface area contributed by atoms with E-state index in [1.54, 1.807) is 40.1 Å². The molecule has 0 radical (unpaired) electrons. The van der Waals surface area contributed by atoms with Crippen molar-refractivity contribution in [2.45, 2.75) is 26.8 Å². The summed E-state index contributed by atoms with van der Waals surface area (Å²) in [5.41, 5.74) is 3.48. The zero-order valence-electron chi connectivity index (χ0n) is 22.4. The van der Waals surface area contributed by atoms with Crippen molar-refractivity contribution in [1.82, 2.24) is 14.8 Å². The number of fused-ring (bicyclic) bond motifs is 1. The quantitative estimate of drug-likeness (QED) is 0.216. The number of carbonyl (C=O) groups excluding carboxylic acids is 2. The molecular weight excluding hydrogens is 533 g/mol. The number of aromatic amines is 1. The minimum Gasteiger partial charge on any atom is -0.496 e. The summed E-state index contributed by atoms with van der Waals surface area (Å²) in [5.74, 6) is 0.271. The summed E-state index contributed by atoms with van der Waals surface area (Å²) < 4.78 is 5.42. The largest absolute Gasteiger partial charge is 0.496 e. The van der Waals surface area contributed by atoms with E-state index >= 15 is 0 Å². The van der Waals surface area contributed by atoms with Gasteiger partial charge in [0.05, 0.1) is 22.7 Å². The molecule has 1 aromatic heterocycles. The number of ether oxygens (including phenoxy) is 1. The predicted octanol–water partition coefficient (Wildman–Crippen LogP) is 6.85. The van der Waals surface area contributed by atoms with Crippen LogP contribution in [-0.2, 0) is 17.8 Å². The third-order valence-corrected chi connectivity index (χ3v) is 7.31. The van der Waals surface area contributed by atoms with E-state index in [0.717, 1.165) is 22.0 Å². The fourth-order valence-electron chi connectivity index (χ4n) is 4.66. The molecule has 8 heteroatoms. The first-order chi connectivity index (χ1) is 18.8. The number of methoxy groups -OCH3 is 1. The summed E-state index contributed by atoms with van der Waals surface area (Å²) in [5, 5.41) is 2.03. The van der Waals surface area contributed by atoms with Crippen LogP contribution in [0.3, 0.4) is 0 Å². The number of amides is 2. The van der Waals surface area contributed by atoms with E-state index in [2.05, 4.69) is 11.1 Å². The highest BCUT2D eigenvalue weighted by atomic mass is 35.5. The third-order valence-electron chi connectivity index (χ3n) is 6.57. The summed E-state index contributed by atoms with van der Waals surface area (Å²) in [4.78, 5) is 34.1. The van der Waals surface area contributed by atoms with Crippen LogP contribution in [-0.4, -0.2) is 53.3 Å². The van der Waals surface area contributed by atoms with Gasteiger partial charge >= 0.3 is 0 Å². The number of aromatic nitrogens is 1. The van der Waals surface area contributed by atoms with E-state index in [4.69, 9.17) is 27.9 Å². The van der Waals surface area contributed by atoms with E-state index in [1.165, 1.54) is 7.11 Å². The number of nitrogens with one attached hydrogen (secondary N) is 1. The monoisotopic (exact) mass is 565 g/mol. The van der Waals surface area contributed by atoms with Gasteiger partial charge in [-0.2, -0.15) is 0 Å². The Morgan fingerprint density at radius 2 is 1.69 bits per heavy atom. The van der Waals surface area contributed by atoms with Gasteiger partial charge in [-0.15, -0.1) is 0 Å². The van der Waals surface area contributed by atoms with E-state index in [1.807, 2.05) is 50.4 Å². The SMILES string of the molecule is COc1ccccc1C(=O)N(CC(=O)N(CCc1c[nH]c2ccccc12)Cc1ccc(Cl)c(Cl)c1)CC(C)C. The van der Waals surface area contributed by atoms with E-state index in [9.17, 15) is 9.59 Å². The second kappa shape index (κ2) is 13.0. The second-order valence-corrected chi connectivity index (χ2v) is 10.8. The van der Waals surface area contributed by atoms with Gasteiger partial charge in [0, 0.05) is 36.7 Å². The summed E-state index contributed by atoms with van der Waals surface area (Å²) in [6, 6.07) is 20.6. The molecule has 6 nitrogen and oxygen atoms in total. The Labute approximate surface area is 239 Å². The maximum absolute atomic E-state index is 13.8. The van der Waals surface area contributed by atoms with E-state index < -0.39 is 0 Å². The highest BCUT2D eigenvalue weighted by Crippen LogP contribution is 2.25. The maximum Gasteiger partial charge on any atom is 0.258 e. The molecule has 2 amide bonds. The fraction of sp³-hybridized carbons (Fsp3) is 0.290. The van der Waals surface area contributed by atoms with Crippen LogP contribution < -0.4 is 4.74 Å². The molecule has 0 bridgehead atoms. The smallest absolute Gasteiger partial charge is 0.258 e. The highest BCUT2D eigenvalue weighted by Gasteiger charge is 2.25. The molecule has 0 fully saturated rings. The lowest BCUT2D eigenvalue weighted by Crippen LogP contribution is -2.44. The molecule has 4 rings (SSSR count). The number of rotatable bonds is 11. The first-order valence-corrected chi connectivity index (χ1v) is 13.7. The Morgan fingerprint density at radius 3 is 2.44 bits per heavy atom. The van der Waals surface area contributed by atoms with Crippen LogP contribution in [0.4, 0.5) is 0 Å². The summed E-state index contributed by atoms with van der Waals surface area (Å²) >= 11 is 12.4.